The molecule has 26 heavy (non-hydrogen) atoms. The van der Waals surface area contributed by atoms with Crippen LogP contribution in [0.4, 0.5) is 8.78 Å². The molecule has 6 heteroatoms. The van der Waals surface area contributed by atoms with E-state index in [0.29, 0.717) is 12.7 Å². The van der Waals surface area contributed by atoms with Crippen molar-refractivity contribution in [3.8, 4) is 5.75 Å². The summed E-state index contributed by atoms with van der Waals surface area (Å²) in [6.45, 7) is 2.41. The monoisotopic (exact) mass is 362 g/mol. The lowest BCUT2D eigenvalue weighted by Gasteiger charge is -2.07. The Morgan fingerprint density at radius 2 is 1.54 bits per heavy atom. The summed E-state index contributed by atoms with van der Waals surface area (Å²) < 4.78 is 36.4. The van der Waals surface area contributed by atoms with Crippen molar-refractivity contribution in [1.82, 2.24) is 0 Å². The van der Waals surface area contributed by atoms with Gasteiger partial charge in [-0.3, -0.25) is 0 Å². The predicted molar refractivity (Wildman–Crippen MR) is 92.2 cm³/mol. The topological polar surface area (TPSA) is 52.6 Å². The molecule has 0 atom stereocenters. The third-order valence-electron chi connectivity index (χ3n) is 3.61. The number of rotatable bonds is 8. The lowest BCUT2D eigenvalue weighted by Crippen LogP contribution is -2.11. The van der Waals surface area contributed by atoms with Crippen LogP contribution in [0.25, 0.3) is 0 Å². The molecule has 0 aliphatic carbocycles. The molecule has 0 spiro atoms. The van der Waals surface area contributed by atoms with E-state index in [9.17, 15) is 18.4 Å². The Hall–Kier alpha value is -2.76. The van der Waals surface area contributed by atoms with Gasteiger partial charge < -0.3 is 9.47 Å². The molecule has 0 radical (unpaired) electrons. The van der Waals surface area contributed by atoms with E-state index in [4.69, 9.17) is 9.47 Å². The van der Waals surface area contributed by atoms with Gasteiger partial charge in [0.05, 0.1) is 17.7 Å². The van der Waals surface area contributed by atoms with Crippen LogP contribution >= 0.6 is 0 Å². The van der Waals surface area contributed by atoms with Crippen LogP contribution in [0.3, 0.4) is 0 Å². The summed E-state index contributed by atoms with van der Waals surface area (Å²) in [4.78, 5) is 24.2. The zero-order chi connectivity index (χ0) is 18.9. The van der Waals surface area contributed by atoms with Crippen molar-refractivity contribution in [2.75, 3.05) is 6.61 Å². The number of unbranched alkanes of at least 4 members (excludes halogenated alkanes) is 3. The number of carbonyl (C=O) groups is 2. The summed E-state index contributed by atoms with van der Waals surface area (Å²) in [5.74, 6) is -3.32. The van der Waals surface area contributed by atoms with Crippen LogP contribution in [0.5, 0.6) is 5.75 Å². The predicted octanol–water partition coefficient (Wildman–Crippen LogP) is 4.92. The molecule has 2 rings (SSSR count). The van der Waals surface area contributed by atoms with Crippen molar-refractivity contribution in [1.29, 1.82) is 0 Å². The van der Waals surface area contributed by atoms with Gasteiger partial charge in [0.2, 0.25) is 0 Å². The summed E-state index contributed by atoms with van der Waals surface area (Å²) >= 11 is 0. The highest BCUT2D eigenvalue weighted by molar-refractivity contribution is 5.96. The number of benzene rings is 2. The number of esters is 2. The van der Waals surface area contributed by atoms with Crippen LogP contribution in [0.2, 0.25) is 0 Å². The van der Waals surface area contributed by atoms with E-state index in [1.54, 1.807) is 0 Å². The Bertz CT molecular complexity index is 754. The molecular weight excluding hydrogens is 342 g/mol. The third-order valence-corrected chi connectivity index (χ3v) is 3.61. The average molecular weight is 362 g/mol. The van der Waals surface area contributed by atoms with E-state index >= 15 is 0 Å². The van der Waals surface area contributed by atoms with Gasteiger partial charge in [0.25, 0.3) is 0 Å². The highest BCUT2D eigenvalue weighted by Gasteiger charge is 2.14. The summed E-state index contributed by atoms with van der Waals surface area (Å²) in [7, 11) is 0. The van der Waals surface area contributed by atoms with Crippen molar-refractivity contribution in [2.45, 2.75) is 32.6 Å². The van der Waals surface area contributed by atoms with Crippen molar-refractivity contribution in [2.24, 2.45) is 0 Å². The minimum Gasteiger partial charge on any atom is -0.462 e. The molecule has 2 aromatic rings. The standard InChI is InChI=1S/C20H20F2O4/c1-2-3-4-5-9-25-19(23)14-7-6-8-15(10-14)20(24)26-18-12-16(21)11-17(22)13-18/h6-8,10-13H,2-5,9H2,1H3. The molecular formula is C20H20F2O4. The fourth-order valence-electron chi connectivity index (χ4n) is 2.30. The van der Waals surface area contributed by atoms with Crippen molar-refractivity contribution < 1.29 is 27.8 Å². The van der Waals surface area contributed by atoms with E-state index in [1.165, 1.54) is 24.3 Å². The van der Waals surface area contributed by atoms with Crippen LogP contribution in [0, 0.1) is 11.6 Å². The van der Waals surface area contributed by atoms with Gasteiger partial charge in [-0.1, -0.05) is 32.3 Å². The molecule has 0 aliphatic rings. The number of halogens is 2. The minimum absolute atomic E-state index is 0.0788. The van der Waals surface area contributed by atoms with Gasteiger partial charge >= 0.3 is 11.9 Å². The van der Waals surface area contributed by atoms with Crippen molar-refractivity contribution >= 4 is 11.9 Å². The number of hydrogen-bond acceptors (Lipinski definition) is 4. The van der Waals surface area contributed by atoms with E-state index in [2.05, 4.69) is 6.92 Å². The van der Waals surface area contributed by atoms with Gasteiger partial charge in [0.15, 0.2) is 0 Å². The third kappa shape index (κ3) is 5.95. The number of ether oxygens (including phenoxy) is 2. The smallest absolute Gasteiger partial charge is 0.343 e. The van der Waals surface area contributed by atoms with Crippen molar-refractivity contribution in [3.63, 3.8) is 0 Å². The highest BCUT2D eigenvalue weighted by Crippen LogP contribution is 2.17. The lowest BCUT2D eigenvalue weighted by molar-refractivity contribution is 0.0498. The van der Waals surface area contributed by atoms with Crippen molar-refractivity contribution in [3.05, 3.63) is 65.2 Å². The first kappa shape index (κ1) is 19.6. The average Bonchev–Trinajstić information content (AvgIpc) is 2.60. The molecule has 0 N–H and O–H groups in total. The quantitative estimate of drug-likeness (QED) is 0.380. The van der Waals surface area contributed by atoms with E-state index in [-0.39, 0.29) is 16.9 Å². The summed E-state index contributed by atoms with van der Waals surface area (Å²) in [5.41, 5.74) is 0.287. The van der Waals surface area contributed by atoms with E-state index in [1.807, 2.05) is 0 Å². The second-order valence-electron chi connectivity index (χ2n) is 5.77. The largest absolute Gasteiger partial charge is 0.462 e. The molecule has 4 nitrogen and oxygen atoms in total. The second kappa shape index (κ2) is 9.65. The van der Waals surface area contributed by atoms with Crippen LogP contribution < -0.4 is 4.74 Å². The molecule has 0 amide bonds. The van der Waals surface area contributed by atoms with Crippen LogP contribution in [0.1, 0.15) is 53.3 Å². The lowest BCUT2D eigenvalue weighted by atomic mass is 10.1. The molecule has 0 aliphatic heterocycles. The molecule has 0 heterocycles. The first-order chi connectivity index (χ1) is 12.5. The molecule has 0 unspecified atom stereocenters. The van der Waals surface area contributed by atoms with Gasteiger partial charge in [-0.25, -0.2) is 18.4 Å². The van der Waals surface area contributed by atoms with Gasteiger partial charge in [-0.15, -0.1) is 0 Å². The number of hydrogen-bond donors (Lipinski definition) is 0. The Morgan fingerprint density at radius 3 is 2.19 bits per heavy atom. The Labute approximate surface area is 150 Å². The molecule has 0 bridgehead atoms. The van der Waals surface area contributed by atoms with Crippen LogP contribution in [-0.2, 0) is 4.74 Å². The Kier molecular flexibility index (Phi) is 7.26. The molecule has 0 saturated carbocycles. The molecule has 0 fully saturated rings. The highest BCUT2D eigenvalue weighted by atomic mass is 19.1. The first-order valence-electron chi connectivity index (χ1n) is 8.45. The van der Waals surface area contributed by atoms with Gasteiger partial charge in [-0.2, -0.15) is 0 Å². The molecule has 2 aromatic carbocycles. The van der Waals surface area contributed by atoms with Crippen LogP contribution in [-0.4, -0.2) is 18.5 Å². The van der Waals surface area contributed by atoms with E-state index in [0.717, 1.165) is 37.8 Å². The van der Waals surface area contributed by atoms with Crippen LogP contribution in [0.15, 0.2) is 42.5 Å². The zero-order valence-electron chi connectivity index (χ0n) is 14.5. The fraction of sp³-hybridized carbons (Fsp3) is 0.300. The van der Waals surface area contributed by atoms with Gasteiger partial charge in [0.1, 0.15) is 17.4 Å². The summed E-state index contributed by atoms with van der Waals surface area (Å²) in [6, 6.07) is 8.27. The first-order valence-corrected chi connectivity index (χ1v) is 8.45. The molecule has 0 aromatic heterocycles. The maximum Gasteiger partial charge on any atom is 0.343 e. The molecule has 138 valence electrons. The Balaban J connectivity index is 1.98. The fourth-order valence-corrected chi connectivity index (χ4v) is 2.30. The normalized spacial score (nSPS) is 10.4. The molecule has 0 saturated heterocycles. The maximum absolute atomic E-state index is 13.2. The minimum atomic E-state index is -0.854. The second-order valence-corrected chi connectivity index (χ2v) is 5.77. The van der Waals surface area contributed by atoms with Gasteiger partial charge in [-0.05, 0) is 24.6 Å². The summed E-state index contributed by atoms with van der Waals surface area (Å²) in [5, 5.41) is 0. The van der Waals surface area contributed by atoms with E-state index < -0.39 is 23.6 Å². The summed E-state index contributed by atoms with van der Waals surface area (Å²) in [6.07, 6.45) is 3.94. The Morgan fingerprint density at radius 1 is 0.885 bits per heavy atom. The number of carbonyl (C=O) groups excluding carboxylic acids is 2. The van der Waals surface area contributed by atoms with Gasteiger partial charge in [0, 0.05) is 18.2 Å². The SMILES string of the molecule is CCCCCCOC(=O)c1cccc(C(=O)Oc2cc(F)cc(F)c2)c1. The zero-order valence-corrected chi connectivity index (χ0v) is 14.5. The maximum atomic E-state index is 13.2.